The van der Waals surface area contributed by atoms with Crippen LogP contribution in [-0.2, 0) is 10.0 Å². The lowest BCUT2D eigenvalue weighted by atomic mass is 10.1. The average molecular weight is 328 g/mol. The fraction of sp³-hybridized carbons (Fsp3) is 0.118. The first-order chi connectivity index (χ1) is 11.0. The van der Waals surface area contributed by atoms with E-state index in [0.717, 1.165) is 9.87 Å². The summed E-state index contributed by atoms with van der Waals surface area (Å²) >= 11 is 0. The van der Waals surface area contributed by atoms with Gasteiger partial charge < -0.3 is 5.11 Å². The number of aromatic nitrogens is 1. The number of benzene rings is 1. The van der Waals surface area contributed by atoms with Crippen LogP contribution in [0.1, 0.15) is 16.7 Å². The van der Waals surface area contributed by atoms with Gasteiger partial charge in [-0.05, 0) is 24.6 Å². The number of hydrogen-bond acceptors (Lipinski definition) is 4. The molecule has 2 aromatic rings. The van der Waals surface area contributed by atoms with Gasteiger partial charge in [-0.25, -0.2) is 17.7 Å². The molecule has 6 heteroatoms. The molecule has 1 aliphatic heterocycles. The van der Waals surface area contributed by atoms with E-state index in [1.165, 1.54) is 12.3 Å². The molecule has 0 unspecified atom stereocenters. The Morgan fingerprint density at radius 1 is 1.22 bits per heavy atom. The minimum atomic E-state index is -3.94. The Hall–Kier alpha value is -2.60. The second-order valence-corrected chi connectivity index (χ2v) is 6.99. The quantitative estimate of drug-likeness (QED) is 0.879. The molecule has 0 aliphatic carbocycles. The minimum absolute atomic E-state index is 0.0784. The maximum Gasteiger partial charge on any atom is 0.270 e. The van der Waals surface area contributed by atoms with Gasteiger partial charge >= 0.3 is 0 Å². The molecule has 0 saturated carbocycles. The topological polar surface area (TPSA) is 70.5 Å². The van der Waals surface area contributed by atoms with E-state index in [4.69, 9.17) is 0 Å². The number of fused-ring (bicyclic) bond motifs is 1. The van der Waals surface area contributed by atoms with Crippen molar-refractivity contribution in [3.63, 3.8) is 0 Å². The number of nitrogens with zero attached hydrogens (tertiary/aromatic N) is 2. The van der Waals surface area contributed by atoms with Gasteiger partial charge in [0, 0.05) is 11.8 Å². The minimum Gasteiger partial charge on any atom is -0.506 e. The molecule has 23 heavy (non-hydrogen) atoms. The van der Waals surface area contributed by atoms with Crippen molar-refractivity contribution in [2.24, 2.45) is 0 Å². The number of aliphatic hydroxyl groups excluding tert-OH is 1. The molecular weight excluding hydrogens is 312 g/mol. The number of hydrogen-bond donors (Lipinski definition) is 1. The predicted octanol–water partition coefficient (Wildman–Crippen LogP) is 3.11. The van der Waals surface area contributed by atoms with E-state index in [1.54, 1.807) is 24.3 Å². The van der Waals surface area contributed by atoms with Crippen molar-refractivity contribution in [2.75, 3.05) is 10.8 Å². The molecule has 118 valence electrons. The van der Waals surface area contributed by atoms with Gasteiger partial charge in [0.2, 0.25) is 0 Å². The van der Waals surface area contributed by atoms with Gasteiger partial charge in [-0.3, -0.25) is 0 Å². The molecule has 0 bridgehead atoms. The van der Waals surface area contributed by atoms with Crippen LogP contribution in [0.2, 0.25) is 0 Å². The Labute approximate surface area is 135 Å². The zero-order chi connectivity index (χ0) is 16.6. The van der Waals surface area contributed by atoms with Crippen LogP contribution in [0.25, 0.3) is 10.7 Å². The largest absolute Gasteiger partial charge is 0.506 e. The number of pyridine rings is 1. The predicted molar refractivity (Wildman–Crippen MR) is 91.3 cm³/mol. The first-order valence-electron chi connectivity index (χ1n) is 7.06. The summed E-state index contributed by atoms with van der Waals surface area (Å²) < 4.78 is 27.3. The van der Waals surface area contributed by atoms with E-state index in [2.05, 4.69) is 11.6 Å². The van der Waals surface area contributed by atoms with Gasteiger partial charge in [0.15, 0.2) is 5.82 Å². The summed E-state index contributed by atoms with van der Waals surface area (Å²) in [5, 5.41) is 10.6. The van der Waals surface area contributed by atoms with Crippen LogP contribution in [0.3, 0.4) is 0 Å². The molecule has 5 nitrogen and oxygen atoms in total. The summed E-state index contributed by atoms with van der Waals surface area (Å²) in [7, 11) is -3.94. The first kappa shape index (κ1) is 15.3. The molecule has 1 aliphatic rings. The molecule has 1 N–H and O–H groups in total. The normalized spacial score (nSPS) is 16.1. The van der Waals surface area contributed by atoms with E-state index >= 15 is 0 Å². The monoisotopic (exact) mass is 328 g/mol. The van der Waals surface area contributed by atoms with E-state index in [1.807, 2.05) is 19.1 Å². The number of sulfonamides is 1. The third-order valence-electron chi connectivity index (χ3n) is 3.73. The first-order valence-corrected chi connectivity index (χ1v) is 8.50. The molecule has 0 amide bonds. The Morgan fingerprint density at radius 3 is 2.61 bits per heavy atom. The van der Waals surface area contributed by atoms with E-state index in [0.29, 0.717) is 11.1 Å². The Morgan fingerprint density at radius 2 is 1.91 bits per heavy atom. The highest BCUT2D eigenvalue weighted by molar-refractivity contribution is 8.02. The van der Waals surface area contributed by atoms with Crippen molar-refractivity contribution >= 4 is 26.5 Å². The van der Waals surface area contributed by atoms with Crippen LogP contribution in [0.15, 0.2) is 55.3 Å². The molecule has 1 aromatic heterocycles. The SMILES string of the molecule is C=CCN1c2ncccc2C(O)=C(c2ccccc2C)S1(=O)=O. The van der Waals surface area contributed by atoms with Crippen LogP contribution in [0, 0.1) is 6.92 Å². The van der Waals surface area contributed by atoms with Gasteiger partial charge in [0.25, 0.3) is 10.0 Å². The van der Waals surface area contributed by atoms with E-state index in [-0.39, 0.29) is 23.0 Å². The lowest BCUT2D eigenvalue weighted by Crippen LogP contribution is -2.36. The van der Waals surface area contributed by atoms with Crippen molar-refractivity contribution in [2.45, 2.75) is 6.92 Å². The summed E-state index contributed by atoms with van der Waals surface area (Å²) in [6.45, 7) is 5.50. The molecule has 0 spiro atoms. The lowest BCUT2D eigenvalue weighted by molar-refractivity contribution is 0.512. The van der Waals surface area contributed by atoms with Crippen molar-refractivity contribution in [3.05, 3.63) is 71.9 Å². The Bertz CT molecular complexity index is 917. The number of aliphatic hydroxyl groups is 1. The van der Waals surface area contributed by atoms with Gasteiger partial charge in [0.05, 0.1) is 12.1 Å². The molecule has 0 radical (unpaired) electrons. The van der Waals surface area contributed by atoms with Crippen molar-refractivity contribution in [1.82, 2.24) is 4.98 Å². The van der Waals surface area contributed by atoms with Gasteiger partial charge in [-0.15, -0.1) is 6.58 Å². The Kier molecular flexibility index (Phi) is 3.69. The summed E-state index contributed by atoms with van der Waals surface area (Å²) in [6.07, 6.45) is 2.99. The summed E-state index contributed by atoms with van der Waals surface area (Å²) in [4.78, 5) is 4.02. The van der Waals surface area contributed by atoms with Crippen molar-refractivity contribution in [1.29, 1.82) is 0 Å². The maximum atomic E-state index is 13.0. The van der Waals surface area contributed by atoms with E-state index < -0.39 is 10.0 Å². The van der Waals surface area contributed by atoms with Gasteiger partial charge in [-0.2, -0.15) is 0 Å². The second kappa shape index (κ2) is 5.55. The fourth-order valence-electron chi connectivity index (χ4n) is 2.65. The summed E-state index contributed by atoms with van der Waals surface area (Å²) in [6, 6.07) is 10.4. The zero-order valence-electron chi connectivity index (χ0n) is 12.6. The molecule has 0 atom stereocenters. The molecule has 3 rings (SSSR count). The maximum absolute atomic E-state index is 13.0. The van der Waals surface area contributed by atoms with Gasteiger partial charge in [-0.1, -0.05) is 30.3 Å². The smallest absolute Gasteiger partial charge is 0.270 e. The zero-order valence-corrected chi connectivity index (χ0v) is 13.4. The summed E-state index contributed by atoms with van der Waals surface area (Å²) in [5.41, 5.74) is 1.64. The Balaban J connectivity index is 2.38. The second-order valence-electron chi connectivity index (χ2n) is 5.19. The number of rotatable bonds is 3. The van der Waals surface area contributed by atoms with Crippen LogP contribution in [0.4, 0.5) is 5.82 Å². The molecular formula is C17H16N2O3S. The third kappa shape index (κ3) is 2.31. The van der Waals surface area contributed by atoms with Crippen molar-refractivity contribution in [3.8, 4) is 0 Å². The average Bonchev–Trinajstić information content (AvgIpc) is 2.53. The number of anilines is 1. The molecule has 2 heterocycles. The van der Waals surface area contributed by atoms with Crippen LogP contribution in [-0.4, -0.2) is 25.1 Å². The highest BCUT2D eigenvalue weighted by Crippen LogP contribution is 2.41. The highest BCUT2D eigenvalue weighted by Gasteiger charge is 2.38. The van der Waals surface area contributed by atoms with Gasteiger partial charge in [0.1, 0.15) is 10.7 Å². The van der Waals surface area contributed by atoms with E-state index in [9.17, 15) is 13.5 Å². The molecule has 0 fully saturated rings. The molecule has 0 saturated heterocycles. The number of aryl methyl sites for hydroxylation is 1. The third-order valence-corrected chi connectivity index (χ3v) is 5.56. The van der Waals surface area contributed by atoms with Crippen molar-refractivity contribution < 1.29 is 13.5 Å². The highest BCUT2D eigenvalue weighted by atomic mass is 32.2. The molecule has 1 aromatic carbocycles. The van der Waals surface area contributed by atoms with Crippen LogP contribution >= 0.6 is 0 Å². The van der Waals surface area contributed by atoms with Crippen LogP contribution < -0.4 is 4.31 Å². The summed E-state index contributed by atoms with van der Waals surface area (Å²) in [5.74, 6) is -0.0649. The fourth-order valence-corrected chi connectivity index (χ4v) is 4.40. The lowest BCUT2D eigenvalue weighted by Gasteiger charge is -2.30. The van der Waals surface area contributed by atoms with Crippen LogP contribution in [0.5, 0.6) is 0 Å². The standard InChI is InChI=1S/C17H16N2O3S/c1-3-11-19-17-14(9-6-10-18-17)15(20)16(23(19,21)22)13-8-5-4-7-12(13)2/h3-10,20H,1,11H2,2H3.